The van der Waals surface area contributed by atoms with Crippen LogP contribution in [0.25, 0.3) is 10.9 Å². The monoisotopic (exact) mass is 289 g/mol. The van der Waals surface area contributed by atoms with Gasteiger partial charge in [0.2, 0.25) is 0 Å². The van der Waals surface area contributed by atoms with Gasteiger partial charge in [-0.1, -0.05) is 30.4 Å². The number of nitrogens with two attached hydrogens (primary N) is 1. The number of hydrogen-bond acceptors (Lipinski definition) is 5. The molecule has 5 nitrogen and oxygen atoms in total. The number of fused-ring (bicyclic) bond motifs is 1. The molecular formula is C14H15N3O2S. The summed E-state index contributed by atoms with van der Waals surface area (Å²) in [5.41, 5.74) is 7.24. The number of ether oxygens (including phenoxy) is 1. The molecule has 2 aromatic rings. The number of benzene rings is 1. The first-order valence-corrected chi connectivity index (χ1v) is 6.61. The fourth-order valence-electron chi connectivity index (χ4n) is 1.84. The summed E-state index contributed by atoms with van der Waals surface area (Å²) in [5.74, 6) is 0.207. The second-order valence-corrected chi connectivity index (χ2v) is 4.53. The van der Waals surface area contributed by atoms with Crippen molar-refractivity contribution >= 4 is 39.9 Å². The molecule has 2 rings (SSSR count). The van der Waals surface area contributed by atoms with Crippen molar-refractivity contribution in [2.45, 2.75) is 6.92 Å². The Kier molecular flexibility index (Phi) is 4.47. The number of carbonyl (C=O) groups excluding carboxylic acids is 1. The molecule has 0 radical (unpaired) electrons. The highest BCUT2D eigenvalue weighted by Gasteiger charge is 2.09. The highest BCUT2D eigenvalue weighted by atomic mass is 32.1. The fourth-order valence-corrected chi connectivity index (χ4v) is 2.01. The van der Waals surface area contributed by atoms with E-state index in [2.05, 4.69) is 10.3 Å². The second kappa shape index (κ2) is 6.29. The molecule has 0 saturated heterocycles. The molecule has 1 heterocycles. The Morgan fingerprint density at radius 2 is 2.20 bits per heavy atom. The van der Waals surface area contributed by atoms with Gasteiger partial charge in [-0.15, -0.1) is 0 Å². The first-order chi connectivity index (χ1) is 9.61. The molecule has 0 aliphatic rings. The molecule has 0 aliphatic carbocycles. The standard InChI is InChI=1S/C14H15N3O2S/c1-2-19-13(18)8-16-12-7-10(14(15)20)9-5-3-4-6-11(9)17-12/h3-7H,2,8H2,1H3,(H2,15,20)(H,16,17). The number of carbonyl (C=O) groups is 1. The molecule has 104 valence electrons. The molecule has 0 atom stereocenters. The molecule has 1 aromatic carbocycles. The summed E-state index contributed by atoms with van der Waals surface area (Å²) in [5, 5.41) is 3.81. The number of nitrogens with zero attached hydrogens (tertiary/aromatic N) is 1. The summed E-state index contributed by atoms with van der Waals surface area (Å²) in [6.07, 6.45) is 0. The van der Waals surface area contributed by atoms with E-state index in [1.807, 2.05) is 24.3 Å². The van der Waals surface area contributed by atoms with Gasteiger partial charge < -0.3 is 15.8 Å². The number of anilines is 1. The van der Waals surface area contributed by atoms with Gasteiger partial charge in [0.25, 0.3) is 0 Å². The molecule has 3 N–H and O–H groups in total. The number of nitrogens with one attached hydrogen (secondary N) is 1. The van der Waals surface area contributed by atoms with Crippen LogP contribution in [0.1, 0.15) is 12.5 Å². The van der Waals surface area contributed by atoms with E-state index in [9.17, 15) is 4.79 Å². The zero-order chi connectivity index (χ0) is 14.5. The van der Waals surface area contributed by atoms with Gasteiger partial charge in [0.15, 0.2) is 0 Å². The fraction of sp³-hybridized carbons (Fsp3) is 0.214. The minimum absolute atomic E-state index is 0.0515. The number of thiocarbonyl (C=S) groups is 1. The topological polar surface area (TPSA) is 77.2 Å². The Morgan fingerprint density at radius 3 is 2.90 bits per heavy atom. The zero-order valence-corrected chi connectivity index (χ0v) is 11.9. The van der Waals surface area contributed by atoms with Crippen molar-refractivity contribution in [1.82, 2.24) is 4.98 Å². The third kappa shape index (κ3) is 3.21. The van der Waals surface area contributed by atoms with Crippen molar-refractivity contribution in [3.8, 4) is 0 Å². The van der Waals surface area contributed by atoms with Gasteiger partial charge >= 0.3 is 5.97 Å². The van der Waals surface area contributed by atoms with E-state index in [0.717, 1.165) is 16.5 Å². The summed E-state index contributed by atoms with van der Waals surface area (Å²) in [4.78, 5) is 16.0. The van der Waals surface area contributed by atoms with Crippen LogP contribution in [-0.4, -0.2) is 29.1 Å². The summed E-state index contributed by atoms with van der Waals surface area (Å²) in [7, 11) is 0. The highest BCUT2D eigenvalue weighted by molar-refractivity contribution is 7.80. The molecule has 1 aromatic heterocycles. The zero-order valence-electron chi connectivity index (χ0n) is 11.1. The lowest BCUT2D eigenvalue weighted by atomic mass is 10.1. The third-order valence-corrected chi connectivity index (χ3v) is 2.92. The van der Waals surface area contributed by atoms with Gasteiger partial charge in [0, 0.05) is 10.9 Å². The second-order valence-electron chi connectivity index (χ2n) is 4.10. The number of para-hydroxylation sites is 1. The van der Waals surface area contributed by atoms with Gasteiger partial charge in [-0.05, 0) is 19.1 Å². The van der Waals surface area contributed by atoms with Crippen LogP contribution in [0.4, 0.5) is 5.82 Å². The number of esters is 1. The number of rotatable bonds is 5. The van der Waals surface area contributed by atoms with Crippen LogP contribution in [0.5, 0.6) is 0 Å². The van der Waals surface area contributed by atoms with Gasteiger partial charge in [-0.2, -0.15) is 0 Å². The molecule has 0 aliphatic heterocycles. The molecule has 0 unspecified atom stereocenters. The van der Waals surface area contributed by atoms with Gasteiger partial charge in [-0.25, -0.2) is 4.98 Å². The van der Waals surface area contributed by atoms with E-state index >= 15 is 0 Å². The Labute approximate surface area is 122 Å². The minimum Gasteiger partial charge on any atom is -0.465 e. The number of aromatic nitrogens is 1. The van der Waals surface area contributed by atoms with Crippen molar-refractivity contribution in [1.29, 1.82) is 0 Å². The van der Waals surface area contributed by atoms with Crippen LogP contribution in [0.2, 0.25) is 0 Å². The molecular weight excluding hydrogens is 274 g/mol. The highest BCUT2D eigenvalue weighted by Crippen LogP contribution is 2.20. The Bertz CT molecular complexity index is 658. The summed E-state index contributed by atoms with van der Waals surface area (Å²) >= 11 is 5.06. The Hall–Kier alpha value is -2.21. The first kappa shape index (κ1) is 14.2. The van der Waals surface area contributed by atoms with Crippen LogP contribution < -0.4 is 11.1 Å². The molecule has 20 heavy (non-hydrogen) atoms. The third-order valence-electron chi connectivity index (χ3n) is 2.70. The van der Waals surface area contributed by atoms with Crippen molar-refractivity contribution in [2.75, 3.05) is 18.5 Å². The smallest absolute Gasteiger partial charge is 0.325 e. The quantitative estimate of drug-likeness (QED) is 0.646. The van der Waals surface area contributed by atoms with Gasteiger partial charge in [-0.3, -0.25) is 4.79 Å². The van der Waals surface area contributed by atoms with Crippen molar-refractivity contribution in [3.05, 3.63) is 35.9 Å². The minimum atomic E-state index is -0.334. The van der Waals surface area contributed by atoms with Crippen LogP contribution in [-0.2, 0) is 9.53 Å². The van der Waals surface area contributed by atoms with E-state index in [1.54, 1.807) is 13.0 Å². The van der Waals surface area contributed by atoms with Crippen LogP contribution in [0.15, 0.2) is 30.3 Å². The van der Waals surface area contributed by atoms with Crippen molar-refractivity contribution in [2.24, 2.45) is 5.73 Å². The largest absolute Gasteiger partial charge is 0.465 e. The van der Waals surface area contributed by atoms with E-state index in [1.165, 1.54) is 0 Å². The van der Waals surface area contributed by atoms with E-state index in [0.29, 0.717) is 17.4 Å². The Balaban J connectivity index is 2.30. The predicted octanol–water partition coefficient (Wildman–Crippen LogP) is 1.84. The summed E-state index contributed by atoms with van der Waals surface area (Å²) in [6.45, 7) is 2.16. The molecule has 6 heteroatoms. The van der Waals surface area contributed by atoms with Crippen LogP contribution in [0.3, 0.4) is 0 Å². The van der Waals surface area contributed by atoms with E-state index in [4.69, 9.17) is 22.7 Å². The summed E-state index contributed by atoms with van der Waals surface area (Å²) in [6, 6.07) is 9.30. The van der Waals surface area contributed by atoms with Crippen LogP contribution >= 0.6 is 12.2 Å². The average Bonchev–Trinajstić information content (AvgIpc) is 2.44. The maximum Gasteiger partial charge on any atom is 0.325 e. The molecule has 0 spiro atoms. The predicted molar refractivity (Wildman–Crippen MR) is 82.8 cm³/mol. The van der Waals surface area contributed by atoms with E-state index < -0.39 is 0 Å². The lowest BCUT2D eigenvalue weighted by molar-refractivity contribution is -0.140. The number of pyridine rings is 1. The van der Waals surface area contributed by atoms with Crippen LogP contribution in [0, 0.1) is 0 Å². The van der Waals surface area contributed by atoms with Gasteiger partial charge in [0.1, 0.15) is 17.4 Å². The normalized spacial score (nSPS) is 10.2. The number of hydrogen-bond donors (Lipinski definition) is 2. The molecule has 0 saturated carbocycles. The lowest BCUT2D eigenvalue weighted by Crippen LogP contribution is -2.18. The lowest BCUT2D eigenvalue weighted by Gasteiger charge is -2.10. The molecule has 0 fully saturated rings. The van der Waals surface area contributed by atoms with Crippen molar-refractivity contribution < 1.29 is 9.53 Å². The van der Waals surface area contributed by atoms with E-state index in [-0.39, 0.29) is 12.5 Å². The SMILES string of the molecule is CCOC(=O)CNc1cc(C(N)=S)c2ccccc2n1. The first-order valence-electron chi connectivity index (χ1n) is 6.21. The molecule has 0 bridgehead atoms. The van der Waals surface area contributed by atoms with Gasteiger partial charge in [0.05, 0.1) is 12.1 Å². The maximum atomic E-state index is 11.3. The van der Waals surface area contributed by atoms with Crippen molar-refractivity contribution in [3.63, 3.8) is 0 Å². The maximum absolute atomic E-state index is 11.3. The Morgan fingerprint density at radius 1 is 1.45 bits per heavy atom. The average molecular weight is 289 g/mol. The summed E-state index contributed by atoms with van der Waals surface area (Å²) < 4.78 is 4.85. The molecule has 0 amide bonds.